The van der Waals surface area contributed by atoms with Gasteiger partial charge in [-0.2, -0.15) is 20.1 Å². The Hall–Kier alpha value is -5.47. The fraction of sp³-hybridized carbons (Fsp3) is 0.286. The first-order chi connectivity index (χ1) is 22.1. The molecular formula is C35H34N8O3. The third-order valence-electron chi connectivity index (χ3n) is 8.80. The first kappa shape index (κ1) is 30.6. The Kier molecular flexibility index (Phi) is 8.06. The molecule has 0 aliphatic carbocycles. The van der Waals surface area contributed by atoms with E-state index in [1.165, 1.54) is 22.0 Å². The second-order valence-electron chi connectivity index (χ2n) is 12.3. The van der Waals surface area contributed by atoms with E-state index in [0.29, 0.717) is 40.1 Å². The van der Waals surface area contributed by atoms with E-state index in [1.807, 2.05) is 32.2 Å². The molecule has 1 aliphatic rings. The third-order valence-corrected chi connectivity index (χ3v) is 8.80. The van der Waals surface area contributed by atoms with E-state index in [0.717, 1.165) is 31.5 Å². The molecule has 0 spiro atoms. The number of nitrogens with one attached hydrogen (secondary N) is 1. The number of rotatable bonds is 7. The molecule has 3 aromatic heterocycles. The Bertz CT molecular complexity index is 2120. The molecule has 2 aromatic carbocycles. The first-order valence-electron chi connectivity index (χ1n) is 15.1. The zero-order chi connectivity index (χ0) is 32.6. The number of benzene rings is 2. The lowest BCUT2D eigenvalue weighted by Crippen LogP contribution is -2.29. The summed E-state index contributed by atoms with van der Waals surface area (Å²) in [6.45, 7) is 5.72. The first-order valence-corrected chi connectivity index (χ1v) is 15.1. The van der Waals surface area contributed by atoms with Crippen molar-refractivity contribution in [3.63, 3.8) is 0 Å². The maximum Gasteiger partial charge on any atom is 0.290 e. The molecule has 0 unspecified atom stereocenters. The number of carbonyl (C=O) groups excluding carboxylic acids is 1. The summed E-state index contributed by atoms with van der Waals surface area (Å²) in [5.41, 5.74) is 1.93. The molecule has 0 atom stereocenters. The van der Waals surface area contributed by atoms with Crippen molar-refractivity contribution in [2.24, 2.45) is 7.05 Å². The van der Waals surface area contributed by atoms with Gasteiger partial charge in [-0.15, -0.1) is 0 Å². The van der Waals surface area contributed by atoms with Crippen molar-refractivity contribution in [3.05, 3.63) is 104 Å². The van der Waals surface area contributed by atoms with Crippen molar-refractivity contribution in [1.29, 1.82) is 5.26 Å². The van der Waals surface area contributed by atoms with Crippen LogP contribution in [0.3, 0.4) is 0 Å². The second kappa shape index (κ2) is 12.1. The lowest BCUT2D eigenvalue weighted by molar-refractivity contribution is 0.112. The highest BCUT2D eigenvalue weighted by atomic mass is 16.1. The Morgan fingerprint density at radius 3 is 2.48 bits per heavy atom. The molecule has 0 radical (unpaired) electrons. The van der Waals surface area contributed by atoms with Gasteiger partial charge >= 0.3 is 0 Å². The van der Waals surface area contributed by atoms with Gasteiger partial charge in [-0.3, -0.25) is 14.4 Å². The van der Waals surface area contributed by atoms with Gasteiger partial charge in [-0.25, -0.2) is 9.67 Å². The number of hydrogen-bond acceptors (Lipinski definition) is 9. The van der Waals surface area contributed by atoms with Gasteiger partial charge in [-0.05, 0) is 94.2 Å². The molecule has 232 valence electrons. The number of anilines is 2. The number of nitrogens with zero attached hydrogens (tertiary/aromatic N) is 7. The maximum absolute atomic E-state index is 13.6. The van der Waals surface area contributed by atoms with Gasteiger partial charge in [0.1, 0.15) is 11.5 Å². The normalized spacial score (nSPS) is 14.2. The smallest absolute Gasteiger partial charge is 0.290 e. The van der Waals surface area contributed by atoms with Crippen LogP contribution in [0, 0.1) is 11.3 Å². The molecule has 5 aromatic rings. The standard InChI is InChI=1S/C35H34N8O3/c1-35(2,21-36)25-9-10-26-24(16-25)19-38-43(33(26)45)31-7-5-6-27(28(31)20-44)29-17-30(34(46)42(4)40-29)39-32-11-8-23(18-37-32)22-12-14-41(3)15-13-22/h5-11,16-20,22H,12-15H2,1-4H3,(H,37,39). The Morgan fingerprint density at radius 1 is 1.00 bits per heavy atom. The summed E-state index contributed by atoms with van der Waals surface area (Å²) in [6.07, 6.45) is 6.23. The third kappa shape index (κ3) is 5.71. The molecule has 0 bridgehead atoms. The van der Waals surface area contributed by atoms with E-state index in [1.54, 1.807) is 48.7 Å². The predicted octanol–water partition coefficient (Wildman–Crippen LogP) is 4.71. The Labute approximate surface area is 265 Å². The average Bonchev–Trinajstić information content (AvgIpc) is 3.07. The zero-order valence-electron chi connectivity index (χ0n) is 26.2. The molecule has 11 nitrogen and oxygen atoms in total. The number of aryl methyl sites for hydroxylation is 1. The molecule has 11 heteroatoms. The van der Waals surface area contributed by atoms with E-state index in [4.69, 9.17) is 0 Å². The van der Waals surface area contributed by atoms with Crippen LogP contribution in [-0.2, 0) is 12.5 Å². The number of carbonyl (C=O) groups is 1. The van der Waals surface area contributed by atoms with Crippen LogP contribution in [0.15, 0.2) is 76.6 Å². The van der Waals surface area contributed by atoms with Gasteiger partial charge < -0.3 is 10.2 Å². The lowest BCUT2D eigenvalue weighted by Gasteiger charge is -2.29. The van der Waals surface area contributed by atoms with E-state index < -0.39 is 11.0 Å². The number of nitriles is 1. The van der Waals surface area contributed by atoms with Crippen molar-refractivity contribution in [2.45, 2.75) is 38.0 Å². The van der Waals surface area contributed by atoms with E-state index in [-0.39, 0.29) is 22.5 Å². The molecule has 0 saturated carbocycles. The molecule has 6 rings (SSSR count). The lowest BCUT2D eigenvalue weighted by atomic mass is 9.85. The van der Waals surface area contributed by atoms with E-state index in [9.17, 15) is 19.6 Å². The van der Waals surface area contributed by atoms with Crippen molar-refractivity contribution >= 4 is 28.6 Å². The number of fused-ring (bicyclic) bond motifs is 1. The summed E-state index contributed by atoms with van der Waals surface area (Å²) in [5.74, 6) is 0.980. The van der Waals surface area contributed by atoms with E-state index in [2.05, 4.69) is 38.5 Å². The highest BCUT2D eigenvalue weighted by Gasteiger charge is 2.22. The van der Waals surface area contributed by atoms with Crippen LogP contribution in [0.4, 0.5) is 11.5 Å². The van der Waals surface area contributed by atoms with Crippen molar-refractivity contribution in [2.75, 3.05) is 25.5 Å². The van der Waals surface area contributed by atoms with Crippen LogP contribution in [0.2, 0.25) is 0 Å². The molecule has 1 aliphatic heterocycles. The number of piperidine rings is 1. The van der Waals surface area contributed by atoms with Gasteiger partial charge in [0.25, 0.3) is 11.1 Å². The van der Waals surface area contributed by atoms with Crippen molar-refractivity contribution < 1.29 is 4.79 Å². The molecule has 4 heterocycles. The monoisotopic (exact) mass is 614 g/mol. The van der Waals surface area contributed by atoms with Crippen LogP contribution in [0.5, 0.6) is 0 Å². The van der Waals surface area contributed by atoms with Crippen LogP contribution < -0.4 is 16.4 Å². The molecule has 46 heavy (non-hydrogen) atoms. The van der Waals surface area contributed by atoms with Crippen LogP contribution >= 0.6 is 0 Å². The fourth-order valence-electron chi connectivity index (χ4n) is 5.89. The minimum Gasteiger partial charge on any atom is -0.336 e. The van der Waals surface area contributed by atoms with Gasteiger partial charge in [0.15, 0.2) is 6.29 Å². The summed E-state index contributed by atoms with van der Waals surface area (Å²) in [4.78, 5) is 46.2. The maximum atomic E-state index is 13.6. The number of pyridine rings is 1. The highest BCUT2D eigenvalue weighted by Crippen LogP contribution is 2.30. The number of likely N-dealkylation sites (tertiary alicyclic amines) is 1. The van der Waals surface area contributed by atoms with Gasteiger partial charge in [0.2, 0.25) is 0 Å². The molecule has 0 amide bonds. The summed E-state index contributed by atoms with van der Waals surface area (Å²) in [5, 5.41) is 22.5. The van der Waals surface area contributed by atoms with Crippen molar-refractivity contribution in [3.8, 4) is 23.0 Å². The molecule has 1 fully saturated rings. The number of aldehydes is 1. The van der Waals surface area contributed by atoms with Gasteiger partial charge in [-0.1, -0.05) is 24.3 Å². The van der Waals surface area contributed by atoms with Gasteiger partial charge in [0, 0.05) is 29.8 Å². The number of hydrogen-bond donors (Lipinski definition) is 1. The summed E-state index contributed by atoms with van der Waals surface area (Å²) in [7, 11) is 3.67. The van der Waals surface area contributed by atoms with Crippen molar-refractivity contribution in [1.82, 2.24) is 29.4 Å². The highest BCUT2D eigenvalue weighted by molar-refractivity contribution is 5.92. The fourth-order valence-corrected chi connectivity index (χ4v) is 5.89. The van der Waals surface area contributed by atoms with Crippen LogP contribution in [-0.4, -0.2) is 55.9 Å². The van der Waals surface area contributed by atoms with Crippen LogP contribution in [0.1, 0.15) is 54.1 Å². The Balaban J connectivity index is 1.35. The van der Waals surface area contributed by atoms with E-state index >= 15 is 0 Å². The summed E-state index contributed by atoms with van der Waals surface area (Å²) >= 11 is 0. The SMILES string of the molecule is CN1CCC(c2ccc(Nc3cc(-c4cccc(-n5ncc6cc(C(C)(C)C#N)ccc6c5=O)c4C=O)nn(C)c3=O)nc2)CC1. The second-order valence-corrected chi connectivity index (χ2v) is 12.3. The topological polar surface area (TPSA) is 139 Å². The Morgan fingerprint density at radius 2 is 1.78 bits per heavy atom. The quantitative estimate of drug-likeness (QED) is 0.258. The minimum atomic E-state index is -0.732. The summed E-state index contributed by atoms with van der Waals surface area (Å²) < 4.78 is 2.38. The minimum absolute atomic E-state index is 0.191. The largest absolute Gasteiger partial charge is 0.336 e. The number of aromatic nitrogens is 5. The zero-order valence-corrected chi connectivity index (χ0v) is 26.2. The predicted molar refractivity (Wildman–Crippen MR) is 177 cm³/mol. The average molecular weight is 615 g/mol. The summed E-state index contributed by atoms with van der Waals surface area (Å²) in [6, 6.07) is 18.0. The van der Waals surface area contributed by atoms with Gasteiger partial charge in [0.05, 0.1) is 34.4 Å². The molecular weight excluding hydrogens is 580 g/mol. The molecule has 1 N–H and O–H groups in total. The molecule has 1 saturated heterocycles. The van der Waals surface area contributed by atoms with Crippen LogP contribution in [0.25, 0.3) is 27.7 Å².